The second-order valence-electron chi connectivity index (χ2n) is 17.3. The molecule has 0 aliphatic carbocycles. The van der Waals surface area contributed by atoms with Gasteiger partial charge in [-0.25, -0.2) is 4.98 Å². The molecule has 0 saturated heterocycles. The van der Waals surface area contributed by atoms with Gasteiger partial charge in [0.2, 0.25) is 5.89 Å². The summed E-state index contributed by atoms with van der Waals surface area (Å²) in [4.78, 5) is 9.95. The molecule has 2 aromatic heterocycles. The molecular formula is C49H49N2O2Pt-. The fraction of sp³-hybridized carbons (Fsp3) is 0.265. The number of phenols is 1. The third-order valence-electron chi connectivity index (χ3n) is 10.0. The van der Waals surface area contributed by atoms with E-state index < -0.39 is 0 Å². The molecule has 0 fully saturated rings. The van der Waals surface area contributed by atoms with E-state index in [4.69, 9.17) is 14.4 Å². The molecule has 0 spiro atoms. The van der Waals surface area contributed by atoms with Crippen LogP contribution in [0.15, 0.2) is 120 Å². The van der Waals surface area contributed by atoms with Crippen molar-refractivity contribution in [2.75, 3.05) is 0 Å². The van der Waals surface area contributed by atoms with Gasteiger partial charge in [0, 0.05) is 38.5 Å². The Labute approximate surface area is 335 Å². The van der Waals surface area contributed by atoms with Crippen LogP contribution >= 0.6 is 0 Å². The van der Waals surface area contributed by atoms with Crippen molar-refractivity contribution >= 4 is 11.1 Å². The second-order valence-corrected chi connectivity index (χ2v) is 17.3. The maximum atomic E-state index is 11.6. The zero-order chi connectivity index (χ0) is 37.7. The molecule has 0 unspecified atom stereocenters. The third-order valence-corrected chi connectivity index (χ3v) is 10.0. The molecule has 0 atom stereocenters. The third kappa shape index (κ3) is 8.15. The number of rotatable bonds is 6. The van der Waals surface area contributed by atoms with Crippen molar-refractivity contribution < 1.29 is 30.6 Å². The van der Waals surface area contributed by atoms with Gasteiger partial charge >= 0.3 is 0 Å². The first kappa shape index (κ1) is 38.9. The van der Waals surface area contributed by atoms with E-state index in [-0.39, 0.29) is 43.1 Å². The number of aromatic nitrogens is 2. The minimum atomic E-state index is -0.272. The molecule has 0 aliphatic heterocycles. The predicted octanol–water partition coefficient (Wildman–Crippen LogP) is 12.9. The first-order valence-electron chi connectivity index (χ1n) is 18.5. The molecule has 4 nitrogen and oxygen atoms in total. The Hall–Kier alpha value is -4.79. The van der Waals surface area contributed by atoms with E-state index in [1.165, 1.54) is 16.7 Å². The minimum Gasteiger partial charge on any atom is -0.507 e. The molecule has 7 aromatic rings. The number of nitrogens with zero attached hydrogens (tertiary/aromatic N) is 2. The average Bonchev–Trinajstić information content (AvgIpc) is 3.55. The summed E-state index contributed by atoms with van der Waals surface area (Å²) in [5, 5.41) is 11.6. The van der Waals surface area contributed by atoms with Gasteiger partial charge in [-0.1, -0.05) is 152 Å². The summed E-state index contributed by atoms with van der Waals surface area (Å²) >= 11 is 0. The molecule has 0 amide bonds. The topological polar surface area (TPSA) is 59.2 Å². The summed E-state index contributed by atoms with van der Waals surface area (Å²) < 4.78 is 6.46. The summed E-state index contributed by atoms with van der Waals surface area (Å²) in [5.41, 5.74) is 13.0. The molecule has 5 heteroatoms. The monoisotopic (exact) mass is 892 g/mol. The number of oxazole rings is 1. The van der Waals surface area contributed by atoms with Gasteiger partial charge in [0.25, 0.3) is 0 Å². The van der Waals surface area contributed by atoms with E-state index in [9.17, 15) is 5.11 Å². The van der Waals surface area contributed by atoms with Crippen molar-refractivity contribution in [1.29, 1.82) is 0 Å². The van der Waals surface area contributed by atoms with Crippen LogP contribution in [0.25, 0.3) is 56.1 Å². The van der Waals surface area contributed by atoms with Crippen LogP contribution in [0.2, 0.25) is 0 Å². The van der Waals surface area contributed by atoms with Crippen molar-refractivity contribution in [2.45, 2.75) is 85.0 Å². The molecule has 5 aromatic carbocycles. The fourth-order valence-corrected chi connectivity index (χ4v) is 6.82. The molecule has 0 radical (unpaired) electrons. The summed E-state index contributed by atoms with van der Waals surface area (Å²) in [6.45, 7) is 19.6. The van der Waals surface area contributed by atoms with Crippen LogP contribution in [0.1, 0.15) is 90.1 Å². The Morgan fingerprint density at radius 2 is 1.26 bits per heavy atom. The van der Waals surface area contributed by atoms with Gasteiger partial charge in [0.15, 0.2) is 0 Å². The smallest absolute Gasteiger partial charge is 0.230 e. The van der Waals surface area contributed by atoms with E-state index in [0.717, 1.165) is 56.6 Å². The van der Waals surface area contributed by atoms with Gasteiger partial charge in [-0.15, -0.1) is 29.3 Å². The Morgan fingerprint density at radius 3 is 1.96 bits per heavy atom. The van der Waals surface area contributed by atoms with Gasteiger partial charge in [-0.2, -0.15) is 0 Å². The Kier molecular flexibility index (Phi) is 10.7. The largest absolute Gasteiger partial charge is 0.507 e. The van der Waals surface area contributed by atoms with Crippen molar-refractivity contribution in [3.8, 4) is 50.7 Å². The van der Waals surface area contributed by atoms with Crippen LogP contribution in [0, 0.1) is 6.07 Å². The maximum Gasteiger partial charge on any atom is 0.230 e. The second kappa shape index (κ2) is 14.8. The van der Waals surface area contributed by atoms with Gasteiger partial charge in [-0.05, 0) is 68.7 Å². The molecule has 54 heavy (non-hydrogen) atoms. The van der Waals surface area contributed by atoms with Crippen LogP contribution in [-0.4, -0.2) is 15.1 Å². The molecule has 278 valence electrons. The number of fused-ring (bicyclic) bond motifs is 1. The summed E-state index contributed by atoms with van der Waals surface area (Å²) in [7, 11) is 0. The average molecular weight is 893 g/mol. The van der Waals surface area contributed by atoms with E-state index >= 15 is 0 Å². The number of pyridine rings is 1. The van der Waals surface area contributed by atoms with E-state index in [1.54, 1.807) is 0 Å². The quantitative estimate of drug-likeness (QED) is 0.169. The molecular weight excluding hydrogens is 844 g/mol. The standard InChI is InChI=1S/C49H49N2O2.Pt/c1-47(2,3)37-26-35(25-36(27-37)42-28-34(21-22-50-42)33-18-13-17-32(24-33)23-31-15-11-10-12-16-31)39-19-14-20-43-44(39)51-46(53-43)40-29-38(48(4,5)6)30-41(45(40)52)49(7,8)9;/h10-22,24,26-30,52H,23H2,1-9H3;/q-1;. The zero-order valence-electron chi connectivity index (χ0n) is 32.7. The zero-order valence-corrected chi connectivity index (χ0v) is 35.0. The molecule has 1 N–H and O–H groups in total. The fourth-order valence-electron chi connectivity index (χ4n) is 6.82. The Morgan fingerprint density at radius 1 is 0.611 bits per heavy atom. The summed E-state index contributed by atoms with van der Waals surface area (Å²) in [6, 6.07) is 41.9. The number of benzene rings is 5. The number of hydrogen-bond donors (Lipinski definition) is 1. The van der Waals surface area contributed by atoms with Crippen molar-refractivity contribution in [3.63, 3.8) is 0 Å². The van der Waals surface area contributed by atoms with Gasteiger partial charge in [0.05, 0.1) is 11.1 Å². The van der Waals surface area contributed by atoms with Crippen molar-refractivity contribution in [2.24, 2.45) is 0 Å². The van der Waals surface area contributed by atoms with Crippen LogP contribution < -0.4 is 0 Å². The number of hydrogen-bond acceptors (Lipinski definition) is 4. The van der Waals surface area contributed by atoms with Gasteiger partial charge in [0.1, 0.15) is 11.3 Å². The normalized spacial score (nSPS) is 12.2. The number of para-hydroxylation sites is 1. The van der Waals surface area contributed by atoms with Crippen molar-refractivity contribution in [3.05, 3.63) is 149 Å². The number of phenolic OH excluding ortho intramolecular Hbond substituents is 1. The molecule has 0 aliphatic rings. The van der Waals surface area contributed by atoms with Gasteiger partial charge in [-0.3, -0.25) is 4.98 Å². The maximum absolute atomic E-state index is 11.6. The van der Waals surface area contributed by atoms with E-state index in [1.807, 2.05) is 24.4 Å². The molecule has 2 heterocycles. The van der Waals surface area contributed by atoms with Gasteiger partial charge < -0.3 is 9.52 Å². The van der Waals surface area contributed by atoms with Crippen LogP contribution in [0.5, 0.6) is 5.75 Å². The van der Waals surface area contributed by atoms with E-state index in [2.05, 4.69) is 159 Å². The Balaban J connectivity index is 0.00000497. The summed E-state index contributed by atoms with van der Waals surface area (Å²) in [5.74, 6) is 0.608. The van der Waals surface area contributed by atoms with Crippen LogP contribution in [0.3, 0.4) is 0 Å². The first-order chi connectivity index (χ1) is 25.0. The van der Waals surface area contributed by atoms with Crippen molar-refractivity contribution in [1.82, 2.24) is 9.97 Å². The van der Waals surface area contributed by atoms with Crippen LogP contribution in [-0.2, 0) is 43.7 Å². The minimum absolute atomic E-state index is 0. The van der Waals surface area contributed by atoms with Crippen LogP contribution in [0.4, 0.5) is 0 Å². The SMILES string of the molecule is CC(C)(C)c1cc(-c2cc(-c3cccc(Cc4ccccc4)c3)ccn2)[c-]c(-c2cccc3oc(-c4cc(C(C)(C)C)cc(C(C)(C)C)c4O)nc23)c1.[Pt]. The van der Waals surface area contributed by atoms with E-state index in [0.29, 0.717) is 17.0 Å². The Bertz CT molecular complexity index is 2440. The molecule has 0 bridgehead atoms. The summed E-state index contributed by atoms with van der Waals surface area (Å²) in [6.07, 6.45) is 2.77. The molecule has 7 rings (SSSR count). The first-order valence-corrected chi connectivity index (χ1v) is 18.5. The predicted molar refractivity (Wildman–Crippen MR) is 219 cm³/mol. The number of aromatic hydroxyl groups is 1. The molecule has 0 saturated carbocycles.